The molecule has 6 nitrogen and oxygen atoms in total. The quantitative estimate of drug-likeness (QED) is 0.502. The summed E-state index contributed by atoms with van der Waals surface area (Å²) in [5, 5.41) is 0. The number of alkyl halides is 3. The van der Waals surface area contributed by atoms with Crippen molar-refractivity contribution < 1.29 is 22.8 Å². The molecule has 160 valence electrons. The van der Waals surface area contributed by atoms with Gasteiger partial charge in [-0.3, -0.25) is 9.78 Å². The first-order valence-electron chi connectivity index (χ1n) is 9.14. The third-order valence-corrected chi connectivity index (χ3v) is 5.26. The van der Waals surface area contributed by atoms with E-state index in [0.717, 1.165) is 16.2 Å². The van der Waals surface area contributed by atoms with Crippen LogP contribution < -0.4 is 4.90 Å². The number of hydrogen-bond acceptors (Lipinski definition) is 5. The van der Waals surface area contributed by atoms with Gasteiger partial charge >= 0.3 is 11.5 Å². The monoisotopic (exact) mass is 438 g/mol. The molecule has 0 bridgehead atoms. The Hall–Kier alpha value is -2.59. The molecule has 0 radical (unpaired) electrons. The fourth-order valence-electron chi connectivity index (χ4n) is 3.18. The molecule has 0 aliphatic carbocycles. The number of carbonyl (C=O) groups is 2. The summed E-state index contributed by atoms with van der Waals surface area (Å²) >= 11 is -0.246. The molecule has 1 saturated heterocycles. The van der Waals surface area contributed by atoms with E-state index in [-0.39, 0.29) is 28.9 Å². The van der Waals surface area contributed by atoms with E-state index < -0.39 is 23.5 Å². The lowest BCUT2D eigenvalue weighted by Gasteiger charge is -2.20. The first-order valence-corrected chi connectivity index (χ1v) is 9.96. The van der Waals surface area contributed by atoms with E-state index in [2.05, 4.69) is 4.98 Å². The molecule has 1 aromatic carbocycles. The predicted molar refractivity (Wildman–Crippen MR) is 108 cm³/mol. The van der Waals surface area contributed by atoms with Gasteiger partial charge in [0.1, 0.15) is 6.04 Å². The van der Waals surface area contributed by atoms with E-state index >= 15 is 0 Å². The van der Waals surface area contributed by atoms with Crippen LogP contribution in [0.1, 0.15) is 18.2 Å². The number of benzene rings is 1. The minimum Gasteiger partial charge on any atom is -0.308 e. The van der Waals surface area contributed by atoms with Gasteiger partial charge < -0.3 is 9.80 Å². The minimum absolute atomic E-state index is 0.0135. The molecule has 0 N–H and O–H groups in total. The van der Waals surface area contributed by atoms with Crippen LogP contribution in [0.15, 0.2) is 47.5 Å². The zero-order valence-corrected chi connectivity index (χ0v) is 17.5. The Morgan fingerprint density at radius 1 is 1.13 bits per heavy atom. The van der Waals surface area contributed by atoms with Gasteiger partial charge in [-0.2, -0.15) is 13.2 Å². The van der Waals surface area contributed by atoms with Gasteiger partial charge in [-0.15, -0.1) is 0 Å². The lowest BCUT2D eigenvalue weighted by atomic mass is 10.2. The molecule has 1 aliphatic heterocycles. The van der Waals surface area contributed by atoms with Crippen LogP contribution in [0, 0.1) is 0 Å². The Morgan fingerprint density at radius 3 is 2.40 bits per heavy atom. The van der Waals surface area contributed by atoms with Crippen LogP contribution >= 0.6 is 11.8 Å². The molecule has 0 saturated carbocycles. The number of nitrogens with zero attached hydrogens (tertiary/aromatic N) is 4. The number of amides is 3. The van der Waals surface area contributed by atoms with Crippen molar-refractivity contribution in [2.75, 3.05) is 19.0 Å². The van der Waals surface area contributed by atoms with Crippen molar-refractivity contribution in [3.63, 3.8) is 0 Å². The Bertz CT molecular complexity index is 934. The summed E-state index contributed by atoms with van der Waals surface area (Å²) in [7, 11) is 3.85. The molecule has 30 heavy (non-hydrogen) atoms. The number of aromatic nitrogens is 1. The number of urea groups is 1. The third kappa shape index (κ3) is 5.11. The largest absolute Gasteiger partial charge is 0.446 e. The molecule has 3 amide bonds. The standard InChI is InChI=1S/C20H21F3N4O2S/c1-13-18(28)27(16-4-6-17(7-5-16)30-20(21,22)23)19(29)26(13)11-14-8-9-24-15(10-14)12-25(2)3/h4-10,13H,11-12H2,1-3H3. The van der Waals surface area contributed by atoms with Crippen LogP contribution in [-0.4, -0.2) is 52.4 Å². The highest BCUT2D eigenvalue weighted by Crippen LogP contribution is 2.37. The van der Waals surface area contributed by atoms with Crippen LogP contribution in [-0.2, 0) is 17.9 Å². The van der Waals surface area contributed by atoms with Crippen molar-refractivity contribution in [1.29, 1.82) is 0 Å². The Morgan fingerprint density at radius 2 is 1.80 bits per heavy atom. The second-order valence-corrected chi connectivity index (χ2v) is 8.33. The number of hydrogen-bond donors (Lipinski definition) is 0. The fraction of sp³-hybridized carbons (Fsp3) is 0.350. The van der Waals surface area contributed by atoms with Crippen molar-refractivity contribution in [2.24, 2.45) is 0 Å². The van der Waals surface area contributed by atoms with Crippen LogP contribution in [0.5, 0.6) is 0 Å². The molecule has 1 aromatic heterocycles. The fourth-order valence-corrected chi connectivity index (χ4v) is 3.72. The minimum atomic E-state index is -4.40. The second-order valence-electron chi connectivity index (χ2n) is 7.20. The number of halogens is 3. The highest BCUT2D eigenvalue weighted by molar-refractivity contribution is 8.00. The van der Waals surface area contributed by atoms with Gasteiger partial charge in [0.15, 0.2) is 0 Å². The van der Waals surface area contributed by atoms with E-state index in [0.29, 0.717) is 6.54 Å². The van der Waals surface area contributed by atoms with Crippen LogP contribution in [0.4, 0.5) is 23.7 Å². The number of thioether (sulfide) groups is 1. The summed E-state index contributed by atoms with van der Waals surface area (Å²) in [6.45, 7) is 2.51. The molecule has 1 unspecified atom stereocenters. The van der Waals surface area contributed by atoms with E-state index in [1.165, 1.54) is 29.2 Å². The van der Waals surface area contributed by atoms with Crippen LogP contribution in [0.3, 0.4) is 0 Å². The maximum atomic E-state index is 12.9. The summed E-state index contributed by atoms with van der Waals surface area (Å²) in [5.41, 5.74) is -2.47. The topological polar surface area (TPSA) is 56.8 Å². The van der Waals surface area contributed by atoms with Gasteiger partial charge in [0.25, 0.3) is 5.91 Å². The van der Waals surface area contributed by atoms with Crippen molar-refractivity contribution in [2.45, 2.75) is 36.5 Å². The van der Waals surface area contributed by atoms with Gasteiger partial charge in [0.05, 0.1) is 11.4 Å². The smallest absolute Gasteiger partial charge is 0.308 e. The van der Waals surface area contributed by atoms with Crippen molar-refractivity contribution in [3.05, 3.63) is 53.9 Å². The van der Waals surface area contributed by atoms with Gasteiger partial charge in [0, 0.05) is 24.2 Å². The Labute approximate surface area is 176 Å². The molecular weight excluding hydrogens is 417 g/mol. The molecule has 1 atom stereocenters. The molecule has 3 rings (SSSR count). The Balaban J connectivity index is 1.77. The van der Waals surface area contributed by atoms with Gasteiger partial charge in [-0.25, -0.2) is 9.69 Å². The summed E-state index contributed by atoms with van der Waals surface area (Å²) < 4.78 is 37.5. The molecule has 10 heteroatoms. The number of anilines is 1. The normalized spacial score (nSPS) is 17.4. The number of carbonyl (C=O) groups excluding carboxylic acids is 2. The van der Waals surface area contributed by atoms with E-state index in [9.17, 15) is 22.8 Å². The zero-order chi connectivity index (χ0) is 22.1. The molecule has 0 spiro atoms. The summed E-state index contributed by atoms with van der Waals surface area (Å²) in [6.07, 6.45) is 1.66. The zero-order valence-electron chi connectivity index (χ0n) is 16.7. The number of imide groups is 1. The van der Waals surface area contributed by atoms with E-state index in [4.69, 9.17) is 0 Å². The average Bonchev–Trinajstić information content (AvgIpc) is 2.85. The Kier molecular flexibility index (Phi) is 6.37. The van der Waals surface area contributed by atoms with Crippen LogP contribution in [0.25, 0.3) is 0 Å². The molecular formula is C20H21F3N4O2S. The number of rotatable bonds is 6. The molecule has 2 aromatic rings. The molecule has 1 aliphatic rings. The summed E-state index contributed by atoms with van der Waals surface area (Å²) in [6, 6.07) is 7.67. The summed E-state index contributed by atoms with van der Waals surface area (Å²) in [4.78, 5) is 34.3. The molecule has 2 heterocycles. The van der Waals surface area contributed by atoms with Crippen LogP contribution in [0.2, 0.25) is 0 Å². The van der Waals surface area contributed by atoms with Gasteiger partial charge in [-0.05, 0) is 74.7 Å². The van der Waals surface area contributed by atoms with Gasteiger partial charge in [0.2, 0.25) is 0 Å². The third-order valence-electron chi connectivity index (χ3n) is 4.52. The number of pyridine rings is 1. The lowest BCUT2D eigenvalue weighted by molar-refractivity contribution is -0.119. The SMILES string of the molecule is CC1C(=O)N(c2ccc(SC(F)(F)F)cc2)C(=O)N1Cc1ccnc(CN(C)C)c1. The first-order chi connectivity index (χ1) is 14.0. The summed E-state index contributed by atoms with van der Waals surface area (Å²) in [5.74, 6) is -0.418. The predicted octanol–water partition coefficient (Wildman–Crippen LogP) is 4.11. The van der Waals surface area contributed by atoms with Crippen molar-refractivity contribution >= 4 is 29.4 Å². The van der Waals surface area contributed by atoms with Crippen molar-refractivity contribution in [3.8, 4) is 0 Å². The average molecular weight is 438 g/mol. The van der Waals surface area contributed by atoms with E-state index in [1.807, 2.05) is 25.1 Å². The van der Waals surface area contributed by atoms with Gasteiger partial charge in [-0.1, -0.05) is 0 Å². The lowest BCUT2D eigenvalue weighted by Crippen LogP contribution is -2.33. The second kappa shape index (κ2) is 8.65. The maximum absolute atomic E-state index is 12.9. The van der Waals surface area contributed by atoms with Crippen molar-refractivity contribution in [1.82, 2.24) is 14.8 Å². The molecule has 1 fully saturated rings. The van der Waals surface area contributed by atoms with E-state index in [1.54, 1.807) is 19.2 Å². The maximum Gasteiger partial charge on any atom is 0.446 e. The highest BCUT2D eigenvalue weighted by Gasteiger charge is 2.43. The highest BCUT2D eigenvalue weighted by atomic mass is 32.2. The first kappa shape index (κ1) is 22.1.